The minimum Gasteiger partial charge on any atom is -0.497 e. The van der Waals surface area contributed by atoms with E-state index in [4.69, 9.17) is 15.5 Å². The predicted octanol–water partition coefficient (Wildman–Crippen LogP) is 3.68. The Morgan fingerprint density at radius 3 is 2.68 bits per heavy atom. The smallest absolute Gasteiger partial charge is 0.250 e. The van der Waals surface area contributed by atoms with E-state index >= 15 is 0 Å². The van der Waals surface area contributed by atoms with Crippen LogP contribution < -0.4 is 10.5 Å². The van der Waals surface area contributed by atoms with Gasteiger partial charge in [0.25, 0.3) is 5.91 Å². The Labute approximate surface area is 182 Å². The number of nitrogens with zero attached hydrogens (tertiary/aromatic N) is 2. The van der Waals surface area contributed by atoms with E-state index in [1.165, 1.54) is 0 Å². The van der Waals surface area contributed by atoms with Gasteiger partial charge in [-0.05, 0) is 49.1 Å². The number of likely N-dealkylation sites (tertiary alicyclic amines) is 1. The van der Waals surface area contributed by atoms with Gasteiger partial charge in [-0.15, -0.1) is 0 Å². The first-order valence-corrected chi connectivity index (χ1v) is 10.7. The first-order chi connectivity index (χ1) is 15.0. The fraction of sp³-hybridized carbons (Fsp3) is 0.320. The highest BCUT2D eigenvalue weighted by molar-refractivity contribution is 5.97. The lowest BCUT2D eigenvalue weighted by Gasteiger charge is -2.33. The number of methoxy groups -OCH3 is 1. The van der Waals surface area contributed by atoms with Crippen LogP contribution >= 0.6 is 0 Å². The highest BCUT2D eigenvalue weighted by atomic mass is 16.5. The van der Waals surface area contributed by atoms with Crippen LogP contribution in [0.2, 0.25) is 0 Å². The molecule has 6 heteroatoms. The summed E-state index contributed by atoms with van der Waals surface area (Å²) in [5.74, 6) is 0.464. The standard InChI is InChI=1S/C25H27N3O3/c1-31-20-11-8-17(9-12-20)10-13-23(29)28-14-4-6-19(16-28)24-21(25(26)30)15-18-5-2-3-7-22(18)27-24/h2-3,5,7-9,11-12,15,19H,4,6,10,13-14,16H2,1H3,(H2,26,30). The number of nitrogens with two attached hydrogens (primary N) is 1. The molecular formula is C25H27N3O3. The van der Waals surface area contributed by atoms with Crippen LogP contribution in [0.1, 0.15) is 46.8 Å². The van der Waals surface area contributed by atoms with E-state index in [9.17, 15) is 9.59 Å². The number of ether oxygens (including phenoxy) is 1. The van der Waals surface area contributed by atoms with Gasteiger partial charge >= 0.3 is 0 Å². The van der Waals surface area contributed by atoms with E-state index in [1.54, 1.807) is 7.11 Å². The minimum absolute atomic E-state index is 0.00536. The lowest BCUT2D eigenvalue weighted by molar-refractivity contribution is -0.132. The third-order valence-electron chi connectivity index (χ3n) is 5.97. The van der Waals surface area contributed by atoms with Crippen molar-refractivity contribution in [1.29, 1.82) is 0 Å². The molecule has 160 valence electrons. The van der Waals surface area contributed by atoms with Gasteiger partial charge in [0, 0.05) is 30.8 Å². The molecule has 2 heterocycles. The van der Waals surface area contributed by atoms with E-state index in [1.807, 2.05) is 59.5 Å². The van der Waals surface area contributed by atoms with E-state index < -0.39 is 5.91 Å². The van der Waals surface area contributed by atoms with Crippen molar-refractivity contribution in [3.05, 3.63) is 71.4 Å². The number of hydrogen-bond acceptors (Lipinski definition) is 4. The molecule has 3 aromatic rings. The van der Waals surface area contributed by atoms with E-state index in [-0.39, 0.29) is 11.8 Å². The van der Waals surface area contributed by atoms with Crippen LogP contribution in [0.5, 0.6) is 5.75 Å². The predicted molar refractivity (Wildman–Crippen MR) is 120 cm³/mol. The van der Waals surface area contributed by atoms with E-state index in [0.29, 0.717) is 30.6 Å². The van der Waals surface area contributed by atoms with E-state index in [0.717, 1.165) is 41.6 Å². The molecule has 4 rings (SSSR count). The number of rotatable bonds is 6. The van der Waals surface area contributed by atoms with Gasteiger partial charge in [0.15, 0.2) is 0 Å². The lowest BCUT2D eigenvalue weighted by Crippen LogP contribution is -2.40. The van der Waals surface area contributed by atoms with Gasteiger partial charge in [0.05, 0.1) is 23.9 Å². The Bertz CT molecular complexity index is 1090. The summed E-state index contributed by atoms with van der Waals surface area (Å²) in [5.41, 5.74) is 8.78. The second-order valence-corrected chi connectivity index (χ2v) is 8.01. The molecule has 0 saturated carbocycles. The van der Waals surface area contributed by atoms with Crippen molar-refractivity contribution < 1.29 is 14.3 Å². The Hall–Kier alpha value is -3.41. The topological polar surface area (TPSA) is 85.5 Å². The molecule has 2 N–H and O–H groups in total. The summed E-state index contributed by atoms with van der Waals surface area (Å²) in [6, 6.07) is 17.3. The summed E-state index contributed by atoms with van der Waals surface area (Å²) in [6.07, 6.45) is 2.90. The van der Waals surface area contributed by atoms with Crippen molar-refractivity contribution in [2.75, 3.05) is 20.2 Å². The average Bonchev–Trinajstić information content (AvgIpc) is 2.82. The van der Waals surface area contributed by atoms with Gasteiger partial charge in [0.2, 0.25) is 5.91 Å². The fourth-order valence-corrected chi connectivity index (χ4v) is 4.27. The van der Waals surface area contributed by atoms with Gasteiger partial charge in [-0.2, -0.15) is 0 Å². The molecular weight excluding hydrogens is 390 g/mol. The molecule has 1 fully saturated rings. The Morgan fingerprint density at radius 1 is 1.16 bits per heavy atom. The van der Waals surface area contributed by atoms with Crippen molar-refractivity contribution in [2.45, 2.75) is 31.6 Å². The first kappa shape index (κ1) is 20.8. The maximum atomic E-state index is 12.9. The largest absolute Gasteiger partial charge is 0.497 e. The number of hydrogen-bond donors (Lipinski definition) is 1. The summed E-state index contributed by atoms with van der Waals surface area (Å²) in [4.78, 5) is 31.7. The van der Waals surface area contributed by atoms with Crippen molar-refractivity contribution in [2.24, 2.45) is 5.73 Å². The molecule has 0 spiro atoms. The zero-order valence-electron chi connectivity index (χ0n) is 17.7. The van der Waals surface area contributed by atoms with Gasteiger partial charge < -0.3 is 15.4 Å². The number of piperidine rings is 1. The van der Waals surface area contributed by atoms with E-state index in [2.05, 4.69) is 0 Å². The number of carbonyl (C=O) groups excluding carboxylic acids is 2. The highest BCUT2D eigenvalue weighted by Crippen LogP contribution is 2.30. The fourth-order valence-electron chi connectivity index (χ4n) is 4.27. The molecule has 1 aromatic heterocycles. The second-order valence-electron chi connectivity index (χ2n) is 8.01. The zero-order valence-corrected chi connectivity index (χ0v) is 17.7. The maximum absolute atomic E-state index is 12.9. The summed E-state index contributed by atoms with van der Waals surface area (Å²) in [5, 5.41) is 0.892. The molecule has 1 aliphatic heterocycles. The summed E-state index contributed by atoms with van der Waals surface area (Å²) < 4.78 is 5.18. The monoisotopic (exact) mass is 417 g/mol. The summed E-state index contributed by atoms with van der Waals surface area (Å²) >= 11 is 0. The lowest BCUT2D eigenvalue weighted by atomic mass is 9.90. The number of para-hydroxylation sites is 1. The summed E-state index contributed by atoms with van der Waals surface area (Å²) in [6.45, 7) is 1.30. The number of primary amides is 1. The van der Waals surface area contributed by atoms with Gasteiger partial charge in [-0.1, -0.05) is 30.3 Å². The van der Waals surface area contributed by atoms with Crippen LogP contribution in [-0.4, -0.2) is 41.9 Å². The molecule has 1 unspecified atom stereocenters. The quantitative estimate of drug-likeness (QED) is 0.663. The Kier molecular flexibility index (Phi) is 6.16. The number of aryl methyl sites for hydroxylation is 1. The summed E-state index contributed by atoms with van der Waals surface area (Å²) in [7, 11) is 1.64. The Morgan fingerprint density at radius 2 is 1.94 bits per heavy atom. The molecule has 6 nitrogen and oxygen atoms in total. The number of benzene rings is 2. The normalized spacial score (nSPS) is 16.3. The van der Waals surface area contributed by atoms with Crippen LogP contribution in [-0.2, 0) is 11.2 Å². The molecule has 0 radical (unpaired) electrons. The minimum atomic E-state index is -0.476. The highest BCUT2D eigenvalue weighted by Gasteiger charge is 2.28. The number of amides is 2. The van der Waals surface area contributed by atoms with Crippen molar-refractivity contribution in [3.63, 3.8) is 0 Å². The first-order valence-electron chi connectivity index (χ1n) is 10.7. The number of aromatic nitrogens is 1. The van der Waals surface area contributed by atoms with Crippen molar-refractivity contribution in [3.8, 4) is 5.75 Å². The van der Waals surface area contributed by atoms with Crippen LogP contribution in [0.3, 0.4) is 0 Å². The molecule has 0 aliphatic carbocycles. The van der Waals surface area contributed by atoms with Crippen molar-refractivity contribution in [1.82, 2.24) is 9.88 Å². The van der Waals surface area contributed by atoms with Crippen LogP contribution in [0.4, 0.5) is 0 Å². The molecule has 0 bridgehead atoms. The number of pyridine rings is 1. The van der Waals surface area contributed by atoms with Crippen LogP contribution in [0.15, 0.2) is 54.6 Å². The zero-order chi connectivity index (χ0) is 21.8. The van der Waals surface area contributed by atoms with Crippen molar-refractivity contribution >= 4 is 22.7 Å². The molecule has 1 atom stereocenters. The maximum Gasteiger partial charge on any atom is 0.250 e. The van der Waals surface area contributed by atoms with Crippen LogP contribution in [0.25, 0.3) is 10.9 Å². The number of fused-ring (bicyclic) bond motifs is 1. The average molecular weight is 418 g/mol. The van der Waals surface area contributed by atoms with Gasteiger partial charge in [-0.3, -0.25) is 14.6 Å². The second kappa shape index (κ2) is 9.16. The third kappa shape index (κ3) is 4.68. The molecule has 2 amide bonds. The van der Waals surface area contributed by atoms with Gasteiger partial charge in [0.1, 0.15) is 5.75 Å². The molecule has 31 heavy (non-hydrogen) atoms. The number of carbonyl (C=O) groups is 2. The molecule has 1 saturated heterocycles. The van der Waals surface area contributed by atoms with Crippen LogP contribution in [0, 0.1) is 0 Å². The third-order valence-corrected chi connectivity index (χ3v) is 5.97. The molecule has 2 aromatic carbocycles. The SMILES string of the molecule is COc1ccc(CCC(=O)N2CCCC(c3nc4ccccc4cc3C(N)=O)C2)cc1. The molecule has 1 aliphatic rings. The Balaban J connectivity index is 1.48. The van der Waals surface area contributed by atoms with Gasteiger partial charge in [-0.25, -0.2) is 0 Å².